The summed E-state index contributed by atoms with van der Waals surface area (Å²) in [6.45, 7) is 28.4. The van der Waals surface area contributed by atoms with E-state index in [4.69, 9.17) is 124 Å². The predicted octanol–water partition coefficient (Wildman–Crippen LogP) is 5.60. The number of urea groups is 1. The lowest BCUT2D eigenvalue weighted by atomic mass is 9.98. The molecule has 38 heteroatoms. The van der Waals surface area contributed by atoms with Crippen molar-refractivity contribution in [1.82, 2.24) is 26.6 Å². The van der Waals surface area contributed by atoms with Crippen LogP contribution in [0.15, 0.2) is 72.8 Å². The number of rotatable bonds is 90. The highest BCUT2D eigenvalue weighted by molar-refractivity contribution is 5.91. The second kappa shape index (κ2) is 81.0. The molecule has 8 N–H and O–H groups in total. The number of unbranched alkanes of at least 4 members (excludes halogenated alkanes) is 1. The molecule has 726 valence electrons. The Labute approximate surface area is 750 Å². The number of benzene rings is 3. The number of carbonyl (C=O) groups is 6. The molecule has 0 fully saturated rings. The fourth-order valence-corrected chi connectivity index (χ4v) is 11.7. The van der Waals surface area contributed by atoms with Crippen molar-refractivity contribution in [2.24, 2.45) is 11.7 Å². The Hall–Kier alpha value is -7.04. The van der Waals surface area contributed by atoms with Gasteiger partial charge in [-0.05, 0) is 86.3 Å². The monoisotopic (exact) mass is 1810 g/mol. The molecule has 4 rings (SSSR count). The van der Waals surface area contributed by atoms with Crippen molar-refractivity contribution in [3.05, 3.63) is 89.5 Å². The highest BCUT2D eigenvalue weighted by atomic mass is 16.6. The van der Waals surface area contributed by atoms with Gasteiger partial charge in [-0.3, -0.25) is 19.7 Å². The van der Waals surface area contributed by atoms with Gasteiger partial charge in [0.05, 0.1) is 304 Å². The number of nitrogens with two attached hydrogens (primary N) is 1. The van der Waals surface area contributed by atoms with E-state index in [1.807, 2.05) is 100 Å². The minimum absolute atomic E-state index is 0.0548. The van der Waals surface area contributed by atoms with Crippen LogP contribution in [0.3, 0.4) is 0 Å². The van der Waals surface area contributed by atoms with E-state index in [9.17, 15) is 28.8 Å². The van der Waals surface area contributed by atoms with Crippen molar-refractivity contribution < 1.29 is 147 Å². The SMILES string of the molecule is Cc1ccc(NC(=O)OCCOCCOCCOCCOCCOCCOCCOCCOCCOCCOCCOCCOCCOCCOCCOCCOCCOCCOCCOCCOCCOCCOCCOCCC(=O)NCCCC[C@H](NC(=O)OCC2c3ccccc3-c3ccccc32)C(=O)N[C@H](C(=O)N[C@@H](C)CCCNC(N)=O)C(C)C)cc1. The van der Waals surface area contributed by atoms with E-state index < -0.39 is 36.2 Å². The third kappa shape index (κ3) is 63.6. The molecule has 3 aromatic carbocycles. The fraction of sp³-hybridized carbons (Fsp3) is 0.730. The van der Waals surface area contributed by atoms with Crippen molar-refractivity contribution in [2.75, 3.05) is 336 Å². The van der Waals surface area contributed by atoms with Crippen LogP contribution in [0.4, 0.5) is 20.1 Å². The summed E-state index contributed by atoms with van der Waals surface area (Å²) in [4.78, 5) is 76.4. The molecule has 0 radical (unpaired) electrons. The average molecular weight is 1810 g/mol. The molecular weight excluding hydrogens is 1660 g/mol. The Bertz CT molecular complexity index is 3120. The van der Waals surface area contributed by atoms with Crippen molar-refractivity contribution in [3.63, 3.8) is 0 Å². The average Bonchev–Trinajstić information content (AvgIpc) is 1.62. The number of primary amides is 1. The molecule has 1 aliphatic carbocycles. The first-order valence-corrected chi connectivity index (χ1v) is 44.6. The Kier molecular flexibility index (Phi) is 71.6. The molecular formula is C89H149N7O31. The third-order valence-electron chi connectivity index (χ3n) is 18.4. The molecule has 3 aromatic rings. The maximum absolute atomic E-state index is 13.9. The molecule has 0 aromatic heterocycles. The van der Waals surface area contributed by atoms with Crippen molar-refractivity contribution in [2.45, 2.75) is 90.3 Å². The quantitative estimate of drug-likeness (QED) is 0.0338. The Morgan fingerprint density at radius 2 is 0.638 bits per heavy atom. The number of alkyl carbamates (subject to hydrolysis) is 1. The smallest absolute Gasteiger partial charge is 0.411 e. The topological polar surface area (TPSA) is 431 Å². The second-order valence-electron chi connectivity index (χ2n) is 28.9. The molecule has 0 spiro atoms. The van der Waals surface area contributed by atoms with E-state index in [0.717, 1.165) is 27.8 Å². The van der Waals surface area contributed by atoms with Gasteiger partial charge in [-0.25, -0.2) is 14.4 Å². The summed E-state index contributed by atoms with van der Waals surface area (Å²) in [5.41, 5.74) is 11.2. The summed E-state index contributed by atoms with van der Waals surface area (Å²) in [5.74, 6) is -1.58. The number of fused-ring (bicyclic) bond motifs is 3. The van der Waals surface area contributed by atoms with Gasteiger partial charge in [-0.15, -0.1) is 0 Å². The van der Waals surface area contributed by atoms with E-state index >= 15 is 0 Å². The van der Waals surface area contributed by atoms with Crippen LogP contribution in [-0.2, 0) is 133 Å². The second-order valence-corrected chi connectivity index (χ2v) is 28.9. The van der Waals surface area contributed by atoms with Gasteiger partial charge in [0.2, 0.25) is 17.7 Å². The molecule has 3 atom stereocenters. The lowest BCUT2D eigenvalue weighted by Crippen LogP contribution is -2.56. The first-order valence-electron chi connectivity index (χ1n) is 44.6. The molecule has 127 heavy (non-hydrogen) atoms. The predicted molar refractivity (Wildman–Crippen MR) is 470 cm³/mol. The van der Waals surface area contributed by atoms with Crippen LogP contribution in [0.1, 0.15) is 81.9 Å². The summed E-state index contributed by atoms with van der Waals surface area (Å²) in [5, 5.41) is 16.6. The first-order chi connectivity index (χ1) is 62.3. The van der Waals surface area contributed by atoms with E-state index in [1.165, 1.54) is 0 Å². The number of aryl methyl sites for hydroxylation is 1. The molecule has 0 unspecified atom stereocenters. The van der Waals surface area contributed by atoms with Crippen molar-refractivity contribution in [1.29, 1.82) is 0 Å². The number of hydrogen-bond donors (Lipinski definition) is 7. The van der Waals surface area contributed by atoms with E-state index in [0.29, 0.717) is 335 Å². The molecule has 0 saturated heterocycles. The fourth-order valence-electron chi connectivity index (χ4n) is 11.7. The summed E-state index contributed by atoms with van der Waals surface area (Å²) in [6.07, 6.45) is 1.20. The largest absolute Gasteiger partial charge is 0.449 e. The van der Waals surface area contributed by atoms with Gasteiger partial charge in [0.25, 0.3) is 0 Å². The standard InChI is InChI=1S/C89H149N7O31/c1-73(2)84(86(99)93-75(4)12-11-24-92-87(90)100)96-85(98)82(95-89(102)127-72-81-79-15-7-5-13-77(79)78-14-6-8-16-80(78)81)17-9-10-23-91-83(97)22-25-103-26-27-104-28-29-105-30-31-106-32-33-107-34-35-108-36-37-109-38-39-110-40-41-111-42-43-112-44-45-113-46-47-114-48-49-115-50-51-116-52-53-117-54-55-118-56-57-119-58-59-120-60-61-121-62-63-122-64-65-123-66-67-124-68-69-125-70-71-126-88(101)94-76-20-18-74(3)19-21-76/h5-8,13-16,18-21,73,75,81-82,84H,9-12,17,22-72H2,1-4H3,(H,91,97)(H,93,99)(H,94,101)(H,95,102)(H,96,98)(H3,90,92,100)/t75-,82-,84-/m0/s1. The number of amides is 7. The van der Waals surface area contributed by atoms with Crippen LogP contribution in [0, 0.1) is 12.8 Å². The van der Waals surface area contributed by atoms with E-state index in [-0.39, 0.29) is 69.0 Å². The number of carbonyl (C=O) groups excluding carboxylic acids is 6. The molecule has 7 amide bonds. The van der Waals surface area contributed by atoms with Gasteiger partial charge in [0.15, 0.2) is 0 Å². The summed E-state index contributed by atoms with van der Waals surface area (Å²) in [7, 11) is 0. The highest BCUT2D eigenvalue weighted by Gasteiger charge is 2.32. The zero-order chi connectivity index (χ0) is 90.8. The summed E-state index contributed by atoms with van der Waals surface area (Å²) >= 11 is 0. The van der Waals surface area contributed by atoms with Crippen LogP contribution in [0.2, 0.25) is 0 Å². The van der Waals surface area contributed by atoms with Crippen LogP contribution in [0.5, 0.6) is 0 Å². The van der Waals surface area contributed by atoms with Crippen LogP contribution in [0.25, 0.3) is 11.1 Å². The van der Waals surface area contributed by atoms with Gasteiger partial charge in [0, 0.05) is 37.2 Å². The van der Waals surface area contributed by atoms with Crippen molar-refractivity contribution in [3.8, 4) is 11.1 Å². The first kappa shape index (κ1) is 112. The number of anilines is 1. The molecule has 0 bridgehead atoms. The van der Waals surface area contributed by atoms with Gasteiger partial charge in [0.1, 0.15) is 25.3 Å². The number of nitrogens with one attached hydrogen (secondary N) is 6. The van der Waals surface area contributed by atoms with E-state index in [1.54, 1.807) is 0 Å². The molecule has 0 saturated carbocycles. The minimum atomic E-state index is -1.04. The lowest BCUT2D eigenvalue weighted by Gasteiger charge is -2.27. The Morgan fingerprint density at radius 3 is 0.969 bits per heavy atom. The maximum atomic E-state index is 13.9. The lowest BCUT2D eigenvalue weighted by molar-refractivity contribution is -0.131. The van der Waals surface area contributed by atoms with Crippen LogP contribution < -0.4 is 37.6 Å². The number of ether oxygens (including phenoxy) is 25. The summed E-state index contributed by atoms with van der Waals surface area (Å²) < 4.78 is 138. The highest BCUT2D eigenvalue weighted by Crippen LogP contribution is 2.44. The van der Waals surface area contributed by atoms with E-state index in [2.05, 4.69) is 31.9 Å². The number of hydrogen-bond acceptors (Lipinski definition) is 31. The summed E-state index contributed by atoms with van der Waals surface area (Å²) in [6, 6.07) is 20.6. The molecule has 0 aliphatic heterocycles. The van der Waals surface area contributed by atoms with Gasteiger partial charge < -0.3 is 151 Å². The van der Waals surface area contributed by atoms with Gasteiger partial charge in [-0.1, -0.05) is 80.1 Å². The minimum Gasteiger partial charge on any atom is -0.449 e. The molecule has 0 heterocycles. The maximum Gasteiger partial charge on any atom is 0.411 e. The molecule has 38 nitrogen and oxygen atoms in total. The zero-order valence-electron chi connectivity index (χ0n) is 75.6. The van der Waals surface area contributed by atoms with Crippen LogP contribution >= 0.6 is 0 Å². The zero-order valence-corrected chi connectivity index (χ0v) is 75.6. The van der Waals surface area contributed by atoms with Gasteiger partial charge >= 0.3 is 18.2 Å². The third-order valence-corrected chi connectivity index (χ3v) is 18.4. The Morgan fingerprint density at radius 1 is 0.323 bits per heavy atom. The normalized spacial score (nSPS) is 12.5. The Balaban J connectivity index is 0.771. The van der Waals surface area contributed by atoms with Crippen LogP contribution in [-0.4, -0.2) is 384 Å². The molecule has 1 aliphatic rings. The van der Waals surface area contributed by atoms with Crippen molar-refractivity contribution >= 4 is 41.6 Å². The van der Waals surface area contributed by atoms with Gasteiger partial charge in [-0.2, -0.15) is 0 Å².